The molecule has 1 aromatic carbocycles. The smallest absolute Gasteiger partial charge is 0.243 e. The summed E-state index contributed by atoms with van der Waals surface area (Å²) in [5.74, 6) is -0.567. The first-order chi connectivity index (χ1) is 10.4. The fourth-order valence-electron chi connectivity index (χ4n) is 2.04. The summed E-state index contributed by atoms with van der Waals surface area (Å²) in [5, 5.41) is 2.68. The molecule has 1 saturated heterocycles. The van der Waals surface area contributed by atoms with E-state index < -0.39 is 10.0 Å². The number of nitrogens with two attached hydrogens (primary N) is 1. The number of hydrogen-bond acceptors (Lipinski definition) is 5. The fourth-order valence-corrected chi connectivity index (χ4v) is 3.50. The van der Waals surface area contributed by atoms with Gasteiger partial charge in [0.25, 0.3) is 0 Å². The third-order valence-corrected chi connectivity index (χ3v) is 5.41. The van der Waals surface area contributed by atoms with Crippen LogP contribution in [-0.4, -0.2) is 51.5 Å². The highest BCUT2D eigenvalue weighted by atomic mass is 35.5. The van der Waals surface area contributed by atoms with Crippen molar-refractivity contribution in [2.45, 2.75) is 11.8 Å². The molecule has 3 N–H and O–H groups in total. The van der Waals surface area contributed by atoms with Crippen molar-refractivity contribution < 1.29 is 17.9 Å². The average molecular weight is 364 g/mol. The molecule has 1 aliphatic rings. The number of amides is 1. The lowest BCUT2D eigenvalue weighted by Gasteiger charge is -2.26. The van der Waals surface area contributed by atoms with Gasteiger partial charge in [-0.15, -0.1) is 12.4 Å². The van der Waals surface area contributed by atoms with E-state index in [1.165, 1.54) is 16.4 Å². The van der Waals surface area contributed by atoms with E-state index in [2.05, 4.69) is 5.32 Å². The molecular weight excluding hydrogens is 342 g/mol. The number of ether oxygens (including phenoxy) is 1. The monoisotopic (exact) mass is 363 g/mol. The van der Waals surface area contributed by atoms with Crippen molar-refractivity contribution in [2.24, 2.45) is 11.7 Å². The lowest BCUT2D eigenvalue weighted by atomic mass is 10.1. The number of carbonyl (C=O) groups is 1. The molecule has 23 heavy (non-hydrogen) atoms. The van der Waals surface area contributed by atoms with E-state index in [0.717, 1.165) is 0 Å². The maximum Gasteiger partial charge on any atom is 0.243 e. The Morgan fingerprint density at radius 2 is 2.04 bits per heavy atom. The minimum Gasteiger partial charge on any atom is -0.379 e. The number of rotatable bonds is 5. The van der Waals surface area contributed by atoms with Gasteiger partial charge >= 0.3 is 0 Å². The van der Waals surface area contributed by atoms with Crippen LogP contribution in [0.5, 0.6) is 0 Å². The first kappa shape index (κ1) is 19.9. The summed E-state index contributed by atoms with van der Waals surface area (Å²) >= 11 is 0. The first-order valence-corrected chi connectivity index (χ1v) is 8.58. The van der Waals surface area contributed by atoms with Crippen LogP contribution in [0.1, 0.15) is 6.92 Å². The van der Waals surface area contributed by atoms with Gasteiger partial charge in [-0.1, -0.05) is 13.0 Å². The molecule has 0 spiro atoms. The molecule has 1 atom stereocenters. The fraction of sp³-hybridized carbons (Fsp3) is 0.500. The summed E-state index contributed by atoms with van der Waals surface area (Å²) in [4.78, 5) is 12.0. The average Bonchev–Trinajstić information content (AvgIpc) is 2.55. The predicted octanol–water partition coefficient (Wildman–Crippen LogP) is 0.663. The van der Waals surface area contributed by atoms with Crippen molar-refractivity contribution in [3.8, 4) is 0 Å². The van der Waals surface area contributed by atoms with Crippen LogP contribution >= 0.6 is 12.4 Å². The number of carbonyl (C=O) groups excluding carboxylic acids is 1. The summed E-state index contributed by atoms with van der Waals surface area (Å²) in [6.45, 7) is 3.40. The van der Waals surface area contributed by atoms with Gasteiger partial charge in [0.2, 0.25) is 15.9 Å². The second kappa shape index (κ2) is 8.60. The summed E-state index contributed by atoms with van der Waals surface area (Å²) in [7, 11) is -3.57. The van der Waals surface area contributed by atoms with Crippen LogP contribution in [0.15, 0.2) is 29.2 Å². The minimum atomic E-state index is -3.57. The van der Waals surface area contributed by atoms with E-state index in [-0.39, 0.29) is 35.7 Å². The summed E-state index contributed by atoms with van der Waals surface area (Å²) in [6, 6.07) is 6.24. The Kier molecular flexibility index (Phi) is 7.43. The minimum absolute atomic E-state index is 0. The van der Waals surface area contributed by atoms with Gasteiger partial charge in [0, 0.05) is 31.2 Å². The Morgan fingerprint density at radius 1 is 1.39 bits per heavy atom. The molecule has 2 rings (SSSR count). The highest BCUT2D eigenvalue weighted by molar-refractivity contribution is 7.89. The first-order valence-electron chi connectivity index (χ1n) is 7.14. The molecule has 1 aliphatic heterocycles. The summed E-state index contributed by atoms with van der Waals surface area (Å²) < 4.78 is 31.7. The standard InChI is InChI=1S/C14H21N3O4S.ClH/c1-11(10-15)14(18)16-12-3-2-4-13(9-12)22(19,20)17-5-7-21-8-6-17;/h2-4,9,11H,5-8,10,15H2,1H3,(H,16,18);1H. The Bertz CT molecular complexity index is 633. The Balaban J connectivity index is 0.00000264. The van der Waals surface area contributed by atoms with Gasteiger partial charge in [0.1, 0.15) is 0 Å². The van der Waals surface area contributed by atoms with Gasteiger partial charge in [-0.3, -0.25) is 4.79 Å². The molecule has 130 valence electrons. The van der Waals surface area contributed by atoms with Gasteiger partial charge in [-0.25, -0.2) is 8.42 Å². The molecule has 1 unspecified atom stereocenters. The Hall–Kier alpha value is -1.19. The van der Waals surface area contributed by atoms with Gasteiger partial charge in [0.15, 0.2) is 0 Å². The van der Waals surface area contributed by atoms with E-state index in [0.29, 0.717) is 32.0 Å². The molecule has 1 aromatic rings. The largest absolute Gasteiger partial charge is 0.379 e. The Morgan fingerprint density at radius 3 is 2.65 bits per heavy atom. The van der Waals surface area contributed by atoms with Crippen molar-refractivity contribution >= 4 is 34.0 Å². The maximum absolute atomic E-state index is 12.6. The second-order valence-corrected chi connectivity index (χ2v) is 7.11. The number of nitrogens with zero attached hydrogens (tertiary/aromatic N) is 1. The predicted molar refractivity (Wildman–Crippen MR) is 90.1 cm³/mol. The van der Waals surface area contributed by atoms with E-state index in [1.807, 2.05) is 0 Å². The highest BCUT2D eigenvalue weighted by Gasteiger charge is 2.26. The normalized spacial score (nSPS) is 17.1. The topological polar surface area (TPSA) is 102 Å². The van der Waals surface area contributed by atoms with E-state index >= 15 is 0 Å². The second-order valence-electron chi connectivity index (χ2n) is 5.17. The van der Waals surface area contributed by atoms with Crippen molar-refractivity contribution in [3.05, 3.63) is 24.3 Å². The number of benzene rings is 1. The number of anilines is 1. The molecule has 1 heterocycles. The van der Waals surface area contributed by atoms with E-state index in [9.17, 15) is 13.2 Å². The molecule has 1 amide bonds. The van der Waals surface area contributed by atoms with Crippen LogP contribution in [0.3, 0.4) is 0 Å². The van der Waals surface area contributed by atoms with Crippen molar-refractivity contribution in [1.82, 2.24) is 4.31 Å². The zero-order valence-corrected chi connectivity index (χ0v) is 14.5. The lowest BCUT2D eigenvalue weighted by molar-refractivity contribution is -0.119. The Labute approximate surface area is 142 Å². The highest BCUT2D eigenvalue weighted by Crippen LogP contribution is 2.20. The van der Waals surface area contributed by atoms with Crippen LogP contribution in [-0.2, 0) is 19.6 Å². The van der Waals surface area contributed by atoms with Crippen LogP contribution in [0.25, 0.3) is 0 Å². The van der Waals surface area contributed by atoms with Crippen molar-refractivity contribution in [3.63, 3.8) is 0 Å². The number of halogens is 1. The van der Waals surface area contributed by atoms with Gasteiger partial charge < -0.3 is 15.8 Å². The van der Waals surface area contributed by atoms with Crippen LogP contribution in [0.2, 0.25) is 0 Å². The lowest BCUT2D eigenvalue weighted by Crippen LogP contribution is -2.40. The number of morpholine rings is 1. The molecule has 0 aliphatic carbocycles. The third kappa shape index (κ3) is 4.89. The van der Waals surface area contributed by atoms with Crippen molar-refractivity contribution in [2.75, 3.05) is 38.2 Å². The zero-order valence-electron chi connectivity index (χ0n) is 12.9. The molecule has 0 saturated carbocycles. The molecule has 7 nitrogen and oxygen atoms in total. The van der Waals surface area contributed by atoms with E-state index in [4.69, 9.17) is 10.5 Å². The summed E-state index contributed by atoms with van der Waals surface area (Å²) in [5.41, 5.74) is 5.89. The number of hydrogen-bond donors (Lipinski definition) is 2. The van der Waals surface area contributed by atoms with Crippen LogP contribution < -0.4 is 11.1 Å². The van der Waals surface area contributed by atoms with Gasteiger partial charge in [0.05, 0.1) is 18.1 Å². The summed E-state index contributed by atoms with van der Waals surface area (Å²) in [6.07, 6.45) is 0. The zero-order chi connectivity index (χ0) is 16.2. The third-order valence-electron chi connectivity index (χ3n) is 3.51. The molecule has 0 aromatic heterocycles. The SMILES string of the molecule is CC(CN)C(=O)Nc1cccc(S(=O)(=O)N2CCOCC2)c1.Cl. The quantitative estimate of drug-likeness (QED) is 0.800. The number of nitrogens with one attached hydrogen (secondary N) is 1. The molecule has 1 fully saturated rings. The number of sulfonamides is 1. The van der Waals surface area contributed by atoms with Gasteiger partial charge in [-0.2, -0.15) is 4.31 Å². The maximum atomic E-state index is 12.6. The molecule has 0 bridgehead atoms. The molecule has 9 heteroatoms. The van der Waals surface area contributed by atoms with E-state index in [1.54, 1.807) is 19.1 Å². The van der Waals surface area contributed by atoms with Crippen LogP contribution in [0.4, 0.5) is 5.69 Å². The van der Waals surface area contributed by atoms with Gasteiger partial charge in [-0.05, 0) is 18.2 Å². The molecular formula is C14H22ClN3O4S. The van der Waals surface area contributed by atoms with Crippen LogP contribution in [0, 0.1) is 5.92 Å². The molecule has 0 radical (unpaired) electrons. The van der Waals surface area contributed by atoms with Crippen molar-refractivity contribution in [1.29, 1.82) is 0 Å².